The highest BCUT2D eigenvalue weighted by Gasteiger charge is 2.20. The number of β-amino-alcohol motifs (C(OH)–C–C–N with tert-alkyl or cyclic N) is 1. The lowest BCUT2D eigenvalue weighted by Gasteiger charge is -2.33. The summed E-state index contributed by atoms with van der Waals surface area (Å²) in [6.45, 7) is 4.21. The molecule has 2 N–H and O–H groups in total. The molecule has 2 rings (SSSR count). The van der Waals surface area contributed by atoms with Gasteiger partial charge in [-0.05, 0) is 43.5 Å². The normalized spacial score (nSPS) is 15.8. The molecule has 110 valence electrons. The number of carbonyl (C=O) groups is 1. The number of aromatic carboxylic acids is 1. The minimum atomic E-state index is -0.902. The summed E-state index contributed by atoms with van der Waals surface area (Å²) in [4.78, 5) is 13.1. The van der Waals surface area contributed by atoms with Gasteiger partial charge in [0.2, 0.25) is 0 Å². The van der Waals surface area contributed by atoms with Gasteiger partial charge in [-0.3, -0.25) is 0 Å². The van der Waals surface area contributed by atoms with Crippen molar-refractivity contribution in [1.82, 2.24) is 0 Å². The van der Waals surface area contributed by atoms with Crippen molar-refractivity contribution in [3.8, 4) is 0 Å². The Hall–Kier alpha value is -1.59. The van der Waals surface area contributed by atoms with Gasteiger partial charge in [-0.25, -0.2) is 4.79 Å². The number of fused-ring (bicyclic) bond motifs is 1. The Morgan fingerprint density at radius 3 is 3.00 bits per heavy atom. The van der Waals surface area contributed by atoms with Crippen LogP contribution in [0, 0.1) is 0 Å². The van der Waals surface area contributed by atoms with E-state index in [2.05, 4.69) is 4.90 Å². The maximum absolute atomic E-state index is 11.0. The van der Waals surface area contributed by atoms with Gasteiger partial charge in [-0.15, -0.1) is 0 Å². The van der Waals surface area contributed by atoms with E-state index < -0.39 is 12.1 Å². The topological polar surface area (TPSA) is 70.0 Å². The minimum Gasteiger partial charge on any atom is -0.478 e. The van der Waals surface area contributed by atoms with E-state index in [0.29, 0.717) is 25.3 Å². The number of aliphatic hydroxyl groups excluding tert-OH is 1. The number of carboxylic acid groups (broad SMARTS) is 1. The predicted molar refractivity (Wildman–Crippen MR) is 76.4 cm³/mol. The van der Waals surface area contributed by atoms with Crippen molar-refractivity contribution >= 4 is 11.7 Å². The Morgan fingerprint density at radius 1 is 1.50 bits per heavy atom. The van der Waals surface area contributed by atoms with E-state index >= 15 is 0 Å². The molecule has 0 aliphatic carbocycles. The summed E-state index contributed by atoms with van der Waals surface area (Å²) in [5.41, 5.74) is 2.39. The Bertz CT molecular complexity index is 475. The maximum atomic E-state index is 11.0. The third-order valence-corrected chi connectivity index (χ3v) is 3.49. The SMILES string of the molecule is CCOCC(O)CN1CCCc2cc(C(=O)O)ccc21. The van der Waals surface area contributed by atoms with Crippen LogP contribution in [0.3, 0.4) is 0 Å². The van der Waals surface area contributed by atoms with Crippen LogP contribution in [-0.4, -0.2) is 48.6 Å². The molecule has 1 aliphatic rings. The van der Waals surface area contributed by atoms with E-state index in [-0.39, 0.29) is 0 Å². The Kier molecular flexibility index (Phi) is 4.98. The van der Waals surface area contributed by atoms with Crippen molar-refractivity contribution in [3.05, 3.63) is 29.3 Å². The molecular formula is C15H21NO4. The molecule has 0 aromatic heterocycles. The second kappa shape index (κ2) is 6.72. The molecule has 0 bridgehead atoms. The molecule has 0 saturated carbocycles. The van der Waals surface area contributed by atoms with Crippen LogP contribution in [0.15, 0.2) is 18.2 Å². The zero-order valence-electron chi connectivity index (χ0n) is 11.7. The van der Waals surface area contributed by atoms with Crippen molar-refractivity contribution in [3.63, 3.8) is 0 Å². The van der Waals surface area contributed by atoms with Gasteiger partial charge in [-0.2, -0.15) is 0 Å². The third kappa shape index (κ3) is 3.49. The molecule has 1 heterocycles. The summed E-state index contributed by atoms with van der Waals surface area (Å²) in [7, 11) is 0. The van der Waals surface area contributed by atoms with Crippen LogP contribution in [-0.2, 0) is 11.2 Å². The highest BCUT2D eigenvalue weighted by molar-refractivity contribution is 5.88. The summed E-state index contributed by atoms with van der Waals surface area (Å²) in [6.07, 6.45) is 1.33. The number of aryl methyl sites for hydroxylation is 1. The molecule has 5 nitrogen and oxygen atoms in total. The first-order valence-corrected chi connectivity index (χ1v) is 6.98. The number of aliphatic hydroxyl groups is 1. The molecule has 1 aliphatic heterocycles. The monoisotopic (exact) mass is 279 g/mol. The molecule has 0 radical (unpaired) electrons. The van der Waals surface area contributed by atoms with Crippen LogP contribution in [0.2, 0.25) is 0 Å². The summed E-state index contributed by atoms with van der Waals surface area (Å²) in [6, 6.07) is 5.19. The van der Waals surface area contributed by atoms with Crippen molar-refractivity contribution in [1.29, 1.82) is 0 Å². The number of ether oxygens (including phenoxy) is 1. The maximum Gasteiger partial charge on any atom is 0.335 e. The number of hydrogen-bond donors (Lipinski definition) is 2. The predicted octanol–water partition coefficient (Wildman–Crippen LogP) is 1.53. The molecule has 5 heteroatoms. The summed E-state index contributed by atoms with van der Waals surface area (Å²) >= 11 is 0. The van der Waals surface area contributed by atoms with Crippen molar-refractivity contribution in [2.45, 2.75) is 25.9 Å². The molecule has 0 spiro atoms. The van der Waals surface area contributed by atoms with Crippen LogP contribution in [0.4, 0.5) is 5.69 Å². The number of carboxylic acids is 1. The standard InChI is InChI=1S/C15H21NO4/c1-2-20-10-13(17)9-16-7-3-4-11-8-12(15(18)19)5-6-14(11)16/h5-6,8,13,17H,2-4,7,9-10H2,1H3,(H,18,19). The van der Waals surface area contributed by atoms with Crippen LogP contribution < -0.4 is 4.90 Å². The Labute approximate surface area is 118 Å². The van der Waals surface area contributed by atoms with Gasteiger partial charge < -0.3 is 19.8 Å². The number of hydrogen-bond acceptors (Lipinski definition) is 4. The van der Waals surface area contributed by atoms with Crippen molar-refractivity contribution < 1.29 is 19.7 Å². The fourth-order valence-corrected chi connectivity index (χ4v) is 2.56. The van der Waals surface area contributed by atoms with Gasteiger partial charge in [0.25, 0.3) is 0 Å². The van der Waals surface area contributed by atoms with E-state index in [1.807, 2.05) is 13.0 Å². The molecule has 1 aromatic carbocycles. The number of rotatable bonds is 6. The lowest BCUT2D eigenvalue weighted by molar-refractivity contribution is 0.0462. The van der Waals surface area contributed by atoms with E-state index in [0.717, 1.165) is 30.6 Å². The Morgan fingerprint density at radius 2 is 2.30 bits per heavy atom. The molecule has 0 fully saturated rings. The molecular weight excluding hydrogens is 258 g/mol. The average Bonchev–Trinajstić information content (AvgIpc) is 2.44. The van der Waals surface area contributed by atoms with Crippen LogP contribution in [0.5, 0.6) is 0 Å². The first kappa shape index (κ1) is 14.8. The zero-order valence-corrected chi connectivity index (χ0v) is 11.7. The molecule has 0 saturated heterocycles. The first-order valence-electron chi connectivity index (χ1n) is 6.98. The van der Waals surface area contributed by atoms with E-state index in [1.165, 1.54) is 0 Å². The molecule has 1 unspecified atom stereocenters. The van der Waals surface area contributed by atoms with E-state index in [1.54, 1.807) is 12.1 Å². The minimum absolute atomic E-state index is 0.320. The largest absolute Gasteiger partial charge is 0.478 e. The van der Waals surface area contributed by atoms with Crippen LogP contribution in [0.1, 0.15) is 29.3 Å². The quantitative estimate of drug-likeness (QED) is 0.826. The lowest BCUT2D eigenvalue weighted by atomic mass is 9.99. The highest BCUT2D eigenvalue weighted by atomic mass is 16.5. The number of nitrogens with zero attached hydrogens (tertiary/aromatic N) is 1. The van der Waals surface area contributed by atoms with Crippen LogP contribution in [0.25, 0.3) is 0 Å². The van der Waals surface area contributed by atoms with Gasteiger partial charge in [0.1, 0.15) is 0 Å². The lowest BCUT2D eigenvalue weighted by Crippen LogP contribution is -2.38. The van der Waals surface area contributed by atoms with Crippen molar-refractivity contribution in [2.24, 2.45) is 0 Å². The van der Waals surface area contributed by atoms with E-state index in [4.69, 9.17) is 9.84 Å². The zero-order chi connectivity index (χ0) is 14.5. The average molecular weight is 279 g/mol. The van der Waals surface area contributed by atoms with E-state index in [9.17, 15) is 9.90 Å². The van der Waals surface area contributed by atoms with Gasteiger partial charge in [0.05, 0.1) is 18.3 Å². The van der Waals surface area contributed by atoms with Crippen molar-refractivity contribution in [2.75, 3.05) is 31.2 Å². The van der Waals surface area contributed by atoms with Gasteiger partial charge in [-0.1, -0.05) is 0 Å². The van der Waals surface area contributed by atoms with Crippen LogP contribution >= 0.6 is 0 Å². The fraction of sp³-hybridized carbons (Fsp3) is 0.533. The van der Waals surface area contributed by atoms with Gasteiger partial charge in [0.15, 0.2) is 0 Å². The summed E-state index contributed by atoms with van der Waals surface area (Å²) < 4.78 is 5.22. The summed E-state index contributed by atoms with van der Waals surface area (Å²) in [5.74, 6) is -0.902. The second-order valence-corrected chi connectivity index (χ2v) is 5.01. The first-order chi connectivity index (χ1) is 9.61. The highest BCUT2D eigenvalue weighted by Crippen LogP contribution is 2.28. The second-order valence-electron chi connectivity index (χ2n) is 5.01. The number of anilines is 1. The molecule has 1 aromatic rings. The molecule has 0 amide bonds. The number of benzene rings is 1. The summed E-state index contributed by atoms with van der Waals surface area (Å²) in [5, 5.41) is 19.0. The smallest absolute Gasteiger partial charge is 0.335 e. The van der Waals surface area contributed by atoms with Gasteiger partial charge in [0, 0.05) is 25.4 Å². The Balaban J connectivity index is 2.10. The third-order valence-electron chi connectivity index (χ3n) is 3.49. The molecule has 20 heavy (non-hydrogen) atoms. The van der Waals surface area contributed by atoms with Gasteiger partial charge >= 0.3 is 5.97 Å². The fourth-order valence-electron chi connectivity index (χ4n) is 2.56. The molecule has 1 atom stereocenters.